The molecule has 11 saturated heterocycles. The maximum absolute atomic E-state index is 14.0. The standard InChI is InChI=1S/C41H60O13/c1-19-12-22-4-6-27-20(2)14-24(46-27)8-10-41-18-32-37(53-41)38-39(51-32)40(54-41)36-29(50-38)7-5-23(47-36)16-33(44)52-35-21(3)34-31(17-26(43)28(49-34)9-11-42)48-30(35)15-25(13-19)45-22/h19,21-32,34-40,42-43H,2,4-18H2,1,3H3/t19?,21-,22?,23?,24?,25?,26?,27-,28?,29?,30?,31?,32?,34?,35?,36-,37-,38-,39?,40?,41-/m0/s1. The second-order valence-corrected chi connectivity index (χ2v) is 18.5. The quantitative estimate of drug-likeness (QED) is 0.313. The maximum atomic E-state index is 14.0. The highest BCUT2D eigenvalue weighted by Crippen LogP contribution is 2.54. The summed E-state index contributed by atoms with van der Waals surface area (Å²) in [5.74, 6) is -0.876. The fourth-order valence-corrected chi connectivity index (χ4v) is 12.0. The van der Waals surface area contributed by atoms with Gasteiger partial charge >= 0.3 is 5.97 Å². The summed E-state index contributed by atoms with van der Waals surface area (Å²) in [6.07, 6.45) is 4.40. The maximum Gasteiger partial charge on any atom is 0.308 e. The lowest BCUT2D eigenvalue weighted by Gasteiger charge is -2.51. The van der Waals surface area contributed by atoms with Crippen LogP contribution in [0.25, 0.3) is 0 Å². The summed E-state index contributed by atoms with van der Waals surface area (Å²) < 4.78 is 66.8. The van der Waals surface area contributed by atoms with Crippen LogP contribution in [0.5, 0.6) is 0 Å². The van der Waals surface area contributed by atoms with E-state index in [2.05, 4.69) is 20.4 Å². The minimum atomic E-state index is -0.796. The number of aliphatic hydroxyl groups excluding tert-OH is 2. The summed E-state index contributed by atoms with van der Waals surface area (Å²) in [5.41, 5.74) is 1.14. The van der Waals surface area contributed by atoms with Gasteiger partial charge in [0.25, 0.3) is 0 Å². The summed E-state index contributed by atoms with van der Waals surface area (Å²) >= 11 is 0. The Balaban J connectivity index is 0.924. The minimum Gasteiger partial charge on any atom is -0.459 e. The molecule has 0 amide bonds. The lowest BCUT2D eigenvalue weighted by atomic mass is 9.80. The molecular weight excluding hydrogens is 700 g/mol. The molecule has 11 aliphatic rings. The van der Waals surface area contributed by atoms with Crippen molar-refractivity contribution in [1.82, 2.24) is 0 Å². The predicted molar refractivity (Wildman–Crippen MR) is 188 cm³/mol. The molecule has 302 valence electrons. The van der Waals surface area contributed by atoms with Crippen molar-refractivity contribution < 1.29 is 62.4 Å². The van der Waals surface area contributed by atoms with Crippen molar-refractivity contribution in [1.29, 1.82) is 0 Å². The van der Waals surface area contributed by atoms with E-state index in [-0.39, 0.29) is 104 Å². The number of carbonyl (C=O) groups is 1. The molecule has 13 nitrogen and oxygen atoms in total. The normalized spacial score (nSPS) is 55.7. The number of carbonyl (C=O) groups excluding carboxylic acids is 1. The van der Waals surface area contributed by atoms with Gasteiger partial charge in [-0.15, -0.1) is 0 Å². The van der Waals surface area contributed by atoms with Crippen LogP contribution in [0.4, 0.5) is 0 Å². The molecule has 13 heteroatoms. The molecule has 0 saturated carbocycles. The Morgan fingerprint density at radius 1 is 0.667 bits per heavy atom. The molecule has 11 fully saturated rings. The van der Waals surface area contributed by atoms with Gasteiger partial charge in [-0.05, 0) is 69.3 Å². The molecule has 0 aromatic rings. The molecule has 0 aromatic heterocycles. The van der Waals surface area contributed by atoms with Crippen LogP contribution < -0.4 is 0 Å². The van der Waals surface area contributed by atoms with E-state index in [1.807, 2.05) is 0 Å². The first-order valence-electron chi connectivity index (χ1n) is 21.2. The van der Waals surface area contributed by atoms with Crippen molar-refractivity contribution in [2.24, 2.45) is 11.8 Å². The number of hydrogen-bond acceptors (Lipinski definition) is 13. The number of esters is 1. The van der Waals surface area contributed by atoms with Crippen LogP contribution in [0.3, 0.4) is 0 Å². The number of fused-ring (bicyclic) bond motifs is 7. The van der Waals surface area contributed by atoms with Gasteiger partial charge in [-0.3, -0.25) is 4.79 Å². The van der Waals surface area contributed by atoms with E-state index in [1.54, 1.807) is 0 Å². The summed E-state index contributed by atoms with van der Waals surface area (Å²) in [7, 11) is 0. The Kier molecular flexibility index (Phi) is 9.99. The first-order chi connectivity index (χ1) is 26.1. The van der Waals surface area contributed by atoms with E-state index in [0.29, 0.717) is 44.4 Å². The van der Waals surface area contributed by atoms with Gasteiger partial charge < -0.3 is 57.6 Å². The SMILES string of the molecule is C=C1CC2CC[C@@]34CC5OC6C(O3)[C@H]3OC(CCC3O[C@H]6[C@H]5O4)CC(=O)OC3C(CC4CC(C)CC(CC[C@@H]1O2)O4)OC1CC(O)C(CCO)OC1[C@@H]3C. The van der Waals surface area contributed by atoms with E-state index >= 15 is 0 Å². The van der Waals surface area contributed by atoms with Gasteiger partial charge in [-0.2, -0.15) is 0 Å². The topological polar surface area (TPSA) is 150 Å². The first kappa shape index (κ1) is 37.1. The van der Waals surface area contributed by atoms with Gasteiger partial charge in [0.2, 0.25) is 0 Å². The molecule has 54 heavy (non-hydrogen) atoms. The lowest BCUT2D eigenvalue weighted by Crippen LogP contribution is -2.62. The van der Waals surface area contributed by atoms with Crippen molar-refractivity contribution in [2.75, 3.05) is 6.61 Å². The number of rotatable bonds is 2. The van der Waals surface area contributed by atoms with Gasteiger partial charge in [0.05, 0.1) is 79.7 Å². The molecular formula is C41H60O13. The van der Waals surface area contributed by atoms with E-state index < -0.39 is 36.3 Å². The summed E-state index contributed by atoms with van der Waals surface area (Å²) in [4.78, 5) is 14.0. The van der Waals surface area contributed by atoms with Gasteiger partial charge in [-0.25, -0.2) is 0 Å². The summed E-state index contributed by atoms with van der Waals surface area (Å²) in [5, 5.41) is 20.6. The smallest absolute Gasteiger partial charge is 0.308 e. The molecule has 21 atom stereocenters. The molecule has 11 aliphatic heterocycles. The van der Waals surface area contributed by atoms with Crippen LogP contribution in [-0.2, 0) is 52.2 Å². The third-order valence-electron chi connectivity index (χ3n) is 14.6. The highest BCUT2D eigenvalue weighted by atomic mass is 16.8. The minimum absolute atomic E-state index is 0.00957. The molecule has 12 bridgehead atoms. The van der Waals surface area contributed by atoms with E-state index in [0.717, 1.165) is 50.5 Å². The molecule has 15 unspecified atom stereocenters. The van der Waals surface area contributed by atoms with E-state index in [4.69, 9.17) is 47.4 Å². The van der Waals surface area contributed by atoms with Crippen molar-refractivity contribution >= 4 is 5.97 Å². The Morgan fingerprint density at radius 2 is 1.43 bits per heavy atom. The third kappa shape index (κ3) is 6.72. The molecule has 0 aromatic carbocycles. The Morgan fingerprint density at radius 3 is 2.30 bits per heavy atom. The zero-order valence-electron chi connectivity index (χ0n) is 31.7. The Bertz CT molecular complexity index is 1410. The van der Waals surface area contributed by atoms with Gasteiger partial charge in [0.15, 0.2) is 5.79 Å². The van der Waals surface area contributed by atoms with Crippen LogP contribution in [0.2, 0.25) is 0 Å². The average Bonchev–Trinajstić information content (AvgIpc) is 3.72. The van der Waals surface area contributed by atoms with Gasteiger partial charge in [0.1, 0.15) is 36.6 Å². The molecule has 0 radical (unpaired) electrons. The monoisotopic (exact) mass is 760 g/mol. The number of aliphatic hydroxyl groups is 2. The van der Waals surface area contributed by atoms with Gasteiger partial charge in [-0.1, -0.05) is 20.4 Å². The molecule has 2 N–H and O–H groups in total. The zero-order valence-corrected chi connectivity index (χ0v) is 31.7. The number of ether oxygens (including phenoxy) is 10. The van der Waals surface area contributed by atoms with Crippen LogP contribution in [0.1, 0.15) is 104 Å². The van der Waals surface area contributed by atoms with Crippen LogP contribution >= 0.6 is 0 Å². The Labute approximate surface area is 317 Å². The van der Waals surface area contributed by atoms with Crippen LogP contribution in [0, 0.1) is 11.8 Å². The second-order valence-electron chi connectivity index (χ2n) is 18.5. The van der Waals surface area contributed by atoms with Crippen molar-refractivity contribution in [3.63, 3.8) is 0 Å². The van der Waals surface area contributed by atoms with E-state index in [9.17, 15) is 15.0 Å². The van der Waals surface area contributed by atoms with Crippen molar-refractivity contribution in [2.45, 2.75) is 219 Å². The van der Waals surface area contributed by atoms with Gasteiger partial charge in [0, 0.05) is 38.2 Å². The van der Waals surface area contributed by atoms with Crippen LogP contribution in [0.15, 0.2) is 12.2 Å². The van der Waals surface area contributed by atoms with Crippen LogP contribution in [-0.4, -0.2) is 138 Å². The Hall–Kier alpha value is -1.23. The summed E-state index contributed by atoms with van der Waals surface area (Å²) in [6, 6.07) is 0. The number of hydrogen-bond donors (Lipinski definition) is 2. The fourth-order valence-electron chi connectivity index (χ4n) is 12.0. The molecule has 0 aliphatic carbocycles. The van der Waals surface area contributed by atoms with Crippen molar-refractivity contribution in [3.8, 4) is 0 Å². The molecule has 11 heterocycles. The highest BCUT2D eigenvalue weighted by molar-refractivity contribution is 5.70. The molecule has 1 spiro atoms. The summed E-state index contributed by atoms with van der Waals surface area (Å²) in [6.45, 7) is 8.69. The lowest BCUT2D eigenvalue weighted by molar-refractivity contribution is -0.293. The second kappa shape index (κ2) is 14.5. The highest BCUT2D eigenvalue weighted by Gasteiger charge is 2.69. The predicted octanol–water partition coefficient (Wildman–Crippen LogP) is 3.42. The first-order valence-corrected chi connectivity index (χ1v) is 21.2. The third-order valence-corrected chi connectivity index (χ3v) is 14.6. The van der Waals surface area contributed by atoms with E-state index in [1.165, 1.54) is 0 Å². The van der Waals surface area contributed by atoms with Crippen molar-refractivity contribution in [3.05, 3.63) is 12.2 Å². The fraction of sp³-hybridized carbons (Fsp3) is 0.927. The zero-order chi connectivity index (χ0) is 36.9. The average molecular weight is 761 g/mol. The molecule has 11 rings (SSSR count). The largest absolute Gasteiger partial charge is 0.459 e.